The first-order chi connectivity index (χ1) is 12.8. The van der Waals surface area contributed by atoms with Crippen LogP contribution < -0.4 is 5.32 Å². The van der Waals surface area contributed by atoms with E-state index in [4.69, 9.17) is 0 Å². The van der Waals surface area contributed by atoms with Crippen LogP contribution in [0.5, 0.6) is 0 Å². The zero-order valence-corrected chi connectivity index (χ0v) is 17.3. The van der Waals surface area contributed by atoms with Crippen molar-refractivity contribution >= 4 is 11.8 Å². The van der Waals surface area contributed by atoms with E-state index in [0.717, 1.165) is 43.7 Å². The highest BCUT2D eigenvalue weighted by molar-refractivity contribution is 5.88. The molecule has 4 heteroatoms. The van der Waals surface area contributed by atoms with E-state index < -0.39 is 0 Å². The van der Waals surface area contributed by atoms with E-state index in [-0.39, 0.29) is 23.8 Å². The minimum Gasteiger partial charge on any atom is -0.350 e. The third-order valence-electron chi connectivity index (χ3n) is 7.87. The monoisotopic (exact) mass is 372 g/mol. The van der Waals surface area contributed by atoms with Gasteiger partial charge >= 0.3 is 0 Å². The Morgan fingerprint density at radius 3 is 2.00 bits per heavy atom. The lowest BCUT2D eigenvalue weighted by atomic mass is 9.48. The van der Waals surface area contributed by atoms with Gasteiger partial charge in [0.1, 0.15) is 0 Å². The molecule has 4 aliphatic carbocycles. The van der Waals surface area contributed by atoms with E-state index >= 15 is 0 Å². The molecule has 0 aromatic carbocycles. The second kappa shape index (κ2) is 7.25. The van der Waals surface area contributed by atoms with Crippen molar-refractivity contribution in [2.24, 2.45) is 29.1 Å². The van der Waals surface area contributed by atoms with E-state index in [1.807, 2.05) is 24.8 Å². The molecule has 0 spiro atoms. The maximum absolute atomic E-state index is 12.7. The average Bonchev–Trinajstić information content (AvgIpc) is 2.60. The quantitative estimate of drug-likeness (QED) is 0.761. The van der Waals surface area contributed by atoms with Crippen molar-refractivity contribution in [3.8, 4) is 0 Å². The maximum atomic E-state index is 12.7. The second-order valence-corrected chi connectivity index (χ2v) is 10.3. The highest BCUT2D eigenvalue weighted by Gasteiger charge is 2.51. The smallest absolute Gasteiger partial charge is 0.244 e. The van der Waals surface area contributed by atoms with Gasteiger partial charge in [-0.05, 0) is 81.5 Å². The molecule has 1 aliphatic heterocycles. The first-order valence-corrected chi connectivity index (χ1v) is 11.1. The standard InChI is InChI=1S/C23H36N2O2/c1-15(2)22(27)25-6-4-20(5-7-25)24-21(26)8-16(3)23-12-17-9-18(13-23)11-19(10-17)14-23/h8,15,17-20H,4-7,9-14H2,1-3H3,(H,24,26)/b16-8-. The first-order valence-electron chi connectivity index (χ1n) is 11.1. The Morgan fingerprint density at radius 1 is 1.00 bits per heavy atom. The Balaban J connectivity index is 1.32. The van der Waals surface area contributed by atoms with Crippen LogP contribution in [0.25, 0.3) is 0 Å². The largest absolute Gasteiger partial charge is 0.350 e. The van der Waals surface area contributed by atoms with Gasteiger partial charge in [0.05, 0.1) is 0 Å². The Labute approximate surface area is 164 Å². The molecule has 5 aliphatic rings. The number of nitrogens with zero attached hydrogens (tertiary/aromatic N) is 1. The molecule has 0 aromatic heterocycles. The lowest BCUT2D eigenvalue weighted by Crippen LogP contribution is -2.48. The number of likely N-dealkylation sites (tertiary alicyclic amines) is 1. The highest BCUT2D eigenvalue weighted by Crippen LogP contribution is 2.62. The van der Waals surface area contributed by atoms with E-state index in [0.29, 0.717) is 5.41 Å². The van der Waals surface area contributed by atoms with Crippen LogP contribution in [0, 0.1) is 29.1 Å². The van der Waals surface area contributed by atoms with Gasteiger partial charge in [-0.25, -0.2) is 0 Å². The number of carbonyl (C=O) groups excluding carboxylic acids is 2. The molecule has 1 saturated heterocycles. The minimum absolute atomic E-state index is 0.0574. The number of hydrogen-bond acceptors (Lipinski definition) is 2. The van der Waals surface area contributed by atoms with Gasteiger partial charge in [-0.1, -0.05) is 19.4 Å². The van der Waals surface area contributed by atoms with Crippen molar-refractivity contribution in [2.45, 2.75) is 78.2 Å². The van der Waals surface area contributed by atoms with Gasteiger partial charge in [-0.15, -0.1) is 0 Å². The van der Waals surface area contributed by atoms with Crippen molar-refractivity contribution in [2.75, 3.05) is 13.1 Å². The topological polar surface area (TPSA) is 49.4 Å². The summed E-state index contributed by atoms with van der Waals surface area (Å²) in [6.07, 6.45) is 11.9. The van der Waals surface area contributed by atoms with Gasteiger partial charge in [-0.2, -0.15) is 0 Å². The van der Waals surface area contributed by atoms with Gasteiger partial charge < -0.3 is 10.2 Å². The summed E-state index contributed by atoms with van der Waals surface area (Å²) in [7, 11) is 0. The molecule has 0 atom stereocenters. The number of piperidine rings is 1. The molecule has 150 valence electrons. The van der Waals surface area contributed by atoms with E-state index in [9.17, 15) is 9.59 Å². The molecule has 1 N–H and O–H groups in total. The predicted molar refractivity (Wildman–Crippen MR) is 107 cm³/mol. The number of carbonyl (C=O) groups is 2. The molecule has 4 nitrogen and oxygen atoms in total. The molecule has 5 fully saturated rings. The maximum Gasteiger partial charge on any atom is 0.244 e. The lowest BCUT2D eigenvalue weighted by Gasteiger charge is -2.57. The van der Waals surface area contributed by atoms with Crippen molar-refractivity contribution in [1.29, 1.82) is 0 Å². The molecule has 2 amide bonds. The van der Waals surface area contributed by atoms with Gasteiger partial charge in [-0.3, -0.25) is 9.59 Å². The molecule has 4 saturated carbocycles. The highest BCUT2D eigenvalue weighted by atomic mass is 16.2. The predicted octanol–water partition coefficient (Wildman–Crippen LogP) is 3.91. The summed E-state index contributed by atoms with van der Waals surface area (Å²) in [5, 5.41) is 3.22. The molecule has 0 radical (unpaired) electrons. The number of rotatable bonds is 4. The number of amides is 2. The van der Waals surface area contributed by atoms with E-state index in [1.165, 1.54) is 44.1 Å². The first kappa shape index (κ1) is 19.0. The summed E-state index contributed by atoms with van der Waals surface area (Å²) in [6, 6.07) is 0.203. The fraction of sp³-hybridized carbons (Fsp3) is 0.826. The van der Waals surface area contributed by atoms with E-state index in [1.54, 1.807) is 0 Å². The van der Waals surface area contributed by atoms with Gasteiger partial charge in [0.15, 0.2) is 0 Å². The van der Waals surface area contributed by atoms with Crippen LogP contribution in [0.15, 0.2) is 11.6 Å². The van der Waals surface area contributed by atoms with Crippen LogP contribution in [0.2, 0.25) is 0 Å². The number of allylic oxidation sites excluding steroid dienone is 1. The van der Waals surface area contributed by atoms with Crippen LogP contribution in [-0.2, 0) is 9.59 Å². The lowest BCUT2D eigenvalue weighted by molar-refractivity contribution is -0.135. The molecule has 1 heterocycles. The fourth-order valence-corrected chi connectivity index (χ4v) is 6.80. The second-order valence-electron chi connectivity index (χ2n) is 10.3. The van der Waals surface area contributed by atoms with Crippen LogP contribution in [0.3, 0.4) is 0 Å². The van der Waals surface area contributed by atoms with Crippen molar-refractivity contribution in [1.82, 2.24) is 10.2 Å². The summed E-state index contributed by atoms with van der Waals surface area (Å²) >= 11 is 0. The zero-order chi connectivity index (χ0) is 19.2. The summed E-state index contributed by atoms with van der Waals surface area (Å²) in [5.74, 6) is 3.10. The van der Waals surface area contributed by atoms with E-state index in [2.05, 4.69) is 12.2 Å². The summed E-state index contributed by atoms with van der Waals surface area (Å²) in [4.78, 5) is 26.7. The number of hydrogen-bond donors (Lipinski definition) is 1. The number of nitrogens with one attached hydrogen (secondary N) is 1. The zero-order valence-electron chi connectivity index (χ0n) is 17.3. The Bertz CT molecular complexity index is 593. The van der Waals surface area contributed by atoms with Crippen molar-refractivity contribution < 1.29 is 9.59 Å². The summed E-state index contributed by atoms with van der Waals surface area (Å²) in [6.45, 7) is 7.64. The van der Waals surface area contributed by atoms with Gasteiger partial charge in [0, 0.05) is 31.1 Å². The van der Waals surface area contributed by atoms with Crippen LogP contribution in [0.1, 0.15) is 72.1 Å². The van der Waals surface area contributed by atoms with Crippen LogP contribution >= 0.6 is 0 Å². The fourth-order valence-electron chi connectivity index (χ4n) is 6.80. The molecular weight excluding hydrogens is 336 g/mol. The Morgan fingerprint density at radius 2 is 1.52 bits per heavy atom. The SMILES string of the molecule is C/C(=C/C(=O)NC1CCN(C(=O)C(C)C)CC1)C12CC3CC(CC(C3)C1)C2. The molecule has 27 heavy (non-hydrogen) atoms. The molecule has 5 rings (SSSR count). The van der Waals surface area contributed by atoms with Gasteiger partial charge in [0.2, 0.25) is 11.8 Å². The Kier molecular flexibility index (Phi) is 5.11. The van der Waals surface area contributed by atoms with Crippen LogP contribution in [-0.4, -0.2) is 35.8 Å². The summed E-state index contributed by atoms with van der Waals surface area (Å²) in [5.41, 5.74) is 1.64. The third kappa shape index (κ3) is 3.82. The molecular formula is C23H36N2O2. The average molecular weight is 373 g/mol. The van der Waals surface area contributed by atoms with Crippen molar-refractivity contribution in [3.05, 3.63) is 11.6 Å². The Hall–Kier alpha value is -1.32. The van der Waals surface area contributed by atoms with Crippen LogP contribution in [0.4, 0.5) is 0 Å². The molecule has 0 unspecified atom stereocenters. The minimum atomic E-state index is 0.0574. The molecule has 0 aromatic rings. The normalized spacial score (nSPS) is 36.4. The van der Waals surface area contributed by atoms with Crippen molar-refractivity contribution in [3.63, 3.8) is 0 Å². The van der Waals surface area contributed by atoms with Gasteiger partial charge in [0.25, 0.3) is 0 Å². The summed E-state index contributed by atoms with van der Waals surface area (Å²) < 4.78 is 0. The molecule has 4 bridgehead atoms. The third-order valence-corrected chi connectivity index (χ3v) is 7.87.